The van der Waals surface area contributed by atoms with Gasteiger partial charge in [0.2, 0.25) is 0 Å². The van der Waals surface area contributed by atoms with E-state index in [1.54, 1.807) is 18.3 Å². The molecule has 0 aliphatic carbocycles. The molecule has 0 bridgehead atoms. The minimum absolute atomic E-state index is 0.142. The zero-order valence-electron chi connectivity index (χ0n) is 11.4. The first-order chi connectivity index (χ1) is 9.19. The van der Waals surface area contributed by atoms with E-state index in [9.17, 15) is 4.39 Å². The van der Waals surface area contributed by atoms with E-state index >= 15 is 0 Å². The lowest BCUT2D eigenvalue weighted by atomic mass is 9.97. The number of halogens is 1. The molecule has 0 aliphatic rings. The molecule has 0 spiro atoms. The number of aryl methyl sites for hydroxylation is 1. The van der Waals surface area contributed by atoms with Gasteiger partial charge >= 0.3 is 0 Å². The van der Waals surface area contributed by atoms with Gasteiger partial charge in [-0.25, -0.2) is 9.37 Å². The Balaban J connectivity index is 2.51. The third kappa shape index (κ3) is 2.68. The molecule has 1 aromatic carbocycles. The van der Waals surface area contributed by atoms with Crippen molar-refractivity contribution in [3.63, 3.8) is 0 Å². The fourth-order valence-electron chi connectivity index (χ4n) is 2.40. The molecule has 2 N–H and O–H groups in total. The van der Waals surface area contributed by atoms with E-state index in [1.165, 1.54) is 6.07 Å². The Morgan fingerprint density at radius 1 is 1.32 bits per heavy atom. The van der Waals surface area contributed by atoms with Crippen LogP contribution in [0.3, 0.4) is 0 Å². The van der Waals surface area contributed by atoms with E-state index in [2.05, 4.69) is 4.98 Å². The van der Waals surface area contributed by atoms with Crippen LogP contribution in [0.25, 0.3) is 0 Å². The topological polar surface area (TPSA) is 43.8 Å². The molecule has 2 rings (SSSR count). The zero-order chi connectivity index (χ0) is 13.8. The number of imidazole rings is 1. The highest BCUT2D eigenvalue weighted by Crippen LogP contribution is 2.26. The Labute approximate surface area is 113 Å². The molecule has 0 fully saturated rings. The summed E-state index contributed by atoms with van der Waals surface area (Å²) in [7, 11) is 0. The lowest BCUT2D eigenvalue weighted by molar-refractivity contribution is 0.429. The lowest BCUT2D eigenvalue weighted by Gasteiger charge is -2.26. The van der Waals surface area contributed by atoms with Gasteiger partial charge in [0.15, 0.2) is 0 Å². The van der Waals surface area contributed by atoms with E-state index in [0.717, 1.165) is 18.7 Å². The van der Waals surface area contributed by atoms with Crippen molar-refractivity contribution in [3.8, 4) is 0 Å². The predicted octanol–water partition coefficient (Wildman–Crippen LogP) is 2.91. The normalized spacial score (nSPS) is 14.3. The van der Waals surface area contributed by atoms with Crippen molar-refractivity contribution in [1.82, 2.24) is 9.55 Å². The van der Waals surface area contributed by atoms with Crippen LogP contribution in [-0.2, 0) is 6.42 Å². The first kappa shape index (κ1) is 13.7. The van der Waals surface area contributed by atoms with Crippen LogP contribution in [0.1, 0.15) is 37.7 Å². The molecule has 3 nitrogen and oxygen atoms in total. The van der Waals surface area contributed by atoms with Crippen molar-refractivity contribution in [2.24, 2.45) is 5.73 Å². The Kier molecular flexibility index (Phi) is 4.32. The highest BCUT2D eigenvalue weighted by molar-refractivity contribution is 5.24. The first-order valence-corrected chi connectivity index (χ1v) is 6.70. The minimum Gasteiger partial charge on any atom is -0.326 e. The molecule has 2 unspecified atom stereocenters. The zero-order valence-corrected chi connectivity index (χ0v) is 11.4. The van der Waals surface area contributed by atoms with Crippen molar-refractivity contribution >= 4 is 0 Å². The largest absolute Gasteiger partial charge is 0.326 e. The van der Waals surface area contributed by atoms with Crippen LogP contribution in [0.5, 0.6) is 0 Å². The van der Waals surface area contributed by atoms with Crippen LogP contribution in [0.4, 0.5) is 4.39 Å². The quantitative estimate of drug-likeness (QED) is 0.899. The Hall–Kier alpha value is -1.68. The number of rotatable bonds is 5. The molecule has 19 heavy (non-hydrogen) atoms. The first-order valence-electron chi connectivity index (χ1n) is 6.70. The van der Waals surface area contributed by atoms with Gasteiger partial charge in [0, 0.05) is 30.4 Å². The highest BCUT2D eigenvalue weighted by Gasteiger charge is 2.24. The van der Waals surface area contributed by atoms with Gasteiger partial charge in [-0.1, -0.05) is 32.0 Å². The molecule has 2 atom stereocenters. The van der Waals surface area contributed by atoms with Crippen molar-refractivity contribution in [2.75, 3.05) is 0 Å². The van der Waals surface area contributed by atoms with Crippen molar-refractivity contribution in [2.45, 2.75) is 38.8 Å². The van der Waals surface area contributed by atoms with Gasteiger partial charge in [0.1, 0.15) is 11.6 Å². The van der Waals surface area contributed by atoms with Crippen LogP contribution in [0, 0.1) is 5.82 Å². The van der Waals surface area contributed by atoms with Crippen molar-refractivity contribution in [3.05, 3.63) is 53.9 Å². The van der Waals surface area contributed by atoms with Gasteiger partial charge in [0.05, 0.1) is 6.04 Å². The number of aromatic nitrogens is 2. The van der Waals surface area contributed by atoms with Gasteiger partial charge in [-0.15, -0.1) is 0 Å². The van der Waals surface area contributed by atoms with Crippen LogP contribution in [0.15, 0.2) is 36.7 Å². The molecule has 2 aromatic rings. The maximum atomic E-state index is 14.1. The molecule has 0 radical (unpaired) electrons. The number of hydrogen-bond acceptors (Lipinski definition) is 2. The highest BCUT2D eigenvalue weighted by atomic mass is 19.1. The SMILES string of the molecule is CCc1nccn1C(c1ccccc1F)C(N)CC. The summed E-state index contributed by atoms with van der Waals surface area (Å²) in [4.78, 5) is 4.31. The number of nitrogens with zero attached hydrogens (tertiary/aromatic N) is 2. The van der Waals surface area contributed by atoms with E-state index < -0.39 is 0 Å². The van der Waals surface area contributed by atoms with Gasteiger partial charge in [-0.3, -0.25) is 0 Å². The second-order valence-electron chi connectivity index (χ2n) is 4.64. The summed E-state index contributed by atoms with van der Waals surface area (Å²) < 4.78 is 16.1. The number of hydrogen-bond donors (Lipinski definition) is 1. The molecule has 1 heterocycles. The Morgan fingerprint density at radius 2 is 2.05 bits per heavy atom. The molecule has 4 heteroatoms. The molecular weight excluding hydrogens is 241 g/mol. The van der Waals surface area contributed by atoms with E-state index in [1.807, 2.05) is 30.7 Å². The van der Waals surface area contributed by atoms with Crippen molar-refractivity contribution < 1.29 is 4.39 Å². The van der Waals surface area contributed by atoms with Gasteiger partial charge < -0.3 is 10.3 Å². The van der Waals surface area contributed by atoms with Gasteiger partial charge in [-0.2, -0.15) is 0 Å². The summed E-state index contributed by atoms with van der Waals surface area (Å²) in [5, 5.41) is 0. The van der Waals surface area contributed by atoms with Gasteiger partial charge in [0.25, 0.3) is 0 Å². The van der Waals surface area contributed by atoms with Crippen LogP contribution >= 0.6 is 0 Å². The van der Waals surface area contributed by atoms with Crippen molar-refractivity contribution in [1.29, 1.82) is 0 Å². The summed E-state index contributed by atoms with van der Waals surface area (Å²) in [6, 6.07) is 6.47. The van der Waals surface area contributed by atoms with E-state index in [-0.39, 0.29) is 17.9 Å². The van der Waals surface area contributed by atoms with Crippen LogP contribution in [-0.4, -0.2) is 15.6 Å². The van der Waals surface area contributed by atoms with E-state index in [0.29, 0.717) is 5.56 Å². The smallest absolute Gasteiger partial charge is 0.128 e. The summed E-state index contributed by atoms with van der Waals surface area (Å²) in [6.07, 6.45) is 5.20. The van der Waals surface area contributed by atoms with Crippen LogP contribution in [0.2, 0.25) is 0 Å². The molecule has 0 saturated carbocycles. The Bertz CT molecular complexity index is 536. The molecule has 102 valence electrons. The van der Waals surface area contributed by atoms with E-state index in [4.69, 9.17) is 5.73 Å². The predicted molar refractivity (Wildman–Crippen MR) is 74.4 cm³/mol. The monoisotopic (exact) mass is 261 g/mol. The second kappa shape index (κ2) is 5.97. The summed E-state index contributed by atoms with van der Waals surface area (Å²) in [5.41, 5.74) is 6.85. The molecular formula is C15H20FN3. The number of nitrogens with two attached hydrogens (primary N) is 1. The average Bonchev–Trinajstić information content (AvgIpc) is 2.89. The van der Waals surface area contributed by atoms with Crippen LogP contribution < -0.4 is 5.73 Å². The maximum Gasteiger partial charge on any atom is 0.128 e. The summed E-state index contributed by atoms with van der Waals surface area (Å²) in [6.45, 7) is 4.05. The molecule has 0 saturated heterocycles. The van der Waals surface area contributed by atoms with Gasteiger partial charge in [-0.05, 0) is 12.5 Å². The standard InChI is InChI=1S/C15H20FN3/c1-3-13(17)15(11-7-5-6-8-12(11)16)19-10-9-18-14(19)4-2/h5-10,13,15H,3-4,17H2,1-2H3. The molecule has 0 amide bonds. The molecule has 0 aliphatic heterocycles. The Morgan fingerprint density at radius 3 is 2.68 bits per heavy atom. The molecule has 1 aromatic heterocycles. The maximum absolute atomic E-state index is 14.1. The fraction of sp³-hybridized carbons (Fsp3) is 0.400. The third-order valence-electron chi connectivity index (χ3n) is 3.47. The fourth-order valence-corrected chi connectivity index (χ4v) is 2.40. The number of benzene rings is 1. The summed E-state index contributed by atoms with van der Waals surface area (Å²) in [5.74, 6) is 0.712. The lowest BCUT2D eigenvalue weighted by Crippen LogP contribution is -2.33. The minimum atomic E-state index is -0.216. The third-order valence-corrected chi connectivity index (χ3v) is 3.47. The summed E-state index contributed by atoms with van der Waals surface area (Å²) >= 11 is 0. The second-order valence-corrected chi connectivity index (χ2v) is 4.64. The average molecular weight is 261 g/mol.